The Morgan fingerprint density at radius 2 is 1.78 bits per heavy atom. The second kappa shape index (κ2) is 7.59. The van der Waals surface area contributed by atoms with Gasteiger partial charge < -0.3 is 10.5 Å². The SMILES string of the molecule is Cc1ccc(Cn2c(C#N)cc(N)c2Oc2cc(C(C)C)ccc2C)cc1. The minimum absolute atomic E-state index is 0.402. The molecule has 0 atom stereocenters. The van der Waals surface area contributed by atoms with Gasteiger partial charge in [-0.2, -0.15) is 5.26 Å². The van der Waals surface area contributed by atoms with E-state index in [9.17, 15) is 5.26 Å². The van der Waals surface area contributed by atoms with Crippen molar-refractivity contribution < 1.29 is 4.74 Å². The normalized spacial score (nSPS) is 10.8. The molecule has 0 spiro atoms. The van der Waals surface area contributed by atoms with Gasteiger partial charge in [0.15, 0.2) is 0 Å². The molecule has 0 aliphatic rings. The molecule has 0 saturated carbocycles. The fourth-order valence-electron chi connectivity index (χ4n) is 2.98. The predicted octanol–water partition coefficient (Wildman–Crippen LogP) is 5.52. The number of hydrogen-bond donors (Lipinski definition) is 1. The van der Waals surface area contributed by atoms with Crippen LogP contribution in [0.25, 0.3) is 0 Å². The minimum atomic E-state index is 0.402. The molecule has 27 heavy (non-hydrogen) atoms. The van der Waals surface area contributed by atoms with E-state index in [1.807, 2.05) is 11.5 Å². The lowest BCUT2D eigenvalue weighted by Crippen LogP contribution is -2.06. The van der Waals surface area contributed by atoms with Gasteiger partial charge in [-0.25, -0.2) is 0 Å². The van der Waals surface area contributed by atoms with Crippen molar-refractivity contribution in [1.29, 1.82) is 5.26 Å². The van der Waals surface area contributed by atoms with Crippen LogP contribution in [0.2, 0.25) is 0 Å². The molecule has 0 fully saturated rings. The maximum atomic E-state index is 9.53. The number of aromatic nitrogens is 1. The van der Waals surface area contributed by atoms with E-state index in [0.717, 1.165) is 16.9 Å². The summed E-state index contributed by atoms with van der Waals surface area (Å²) in [6, 6.07) is 18.3. The third-order valence-electron chi connectivity index (χ3n) is 4.74. The van der Waals surface area contributed by atoms with E-state index in [1.54, 1.807) is 6.07 Å². The molecule has 3 aromatic rings. The highest BCUT2D eigenvalue weighted by Gasteiger charge is 2.17. The fraction of sp³-hybridized carbons (Fsp3) is 0.261. The third kappa shape index (κ3) is 3.98. The number of aryl methyl sites for hydroxylation is 2. The van der Waals surface area contributed by atoms with E-state index >= 15 is 0 Å². The zero-order valence-electron chi connectivity index (χ0n) is 16.3. The minimum Gasteiger partial charge on any atom is -0.438 e. The third-order valence-corrected chi connectivity index (χ3v) is 4.74. The molecule has 0 saturated heterocycles. The van der Waals surface area contributed by atoms with Crippen LogP contribution in [0.3, 0.4) is 0 Å². The summed E-state index contributed by atoms with van der Waals surface area (Å²) < 4.78 is 8.06. The number of nitrogens with two attached hydrogens (primary N) is 1. The Kier molecular flexibility index (Phi) is 5.23. The van der Waals surface area contributed by atoms with Gasteiger partial charge in [-0.1, -0.05) is 55.8 Å². The van der Waals surface area contributed by atoms with Gasteiger partial charge in [0.1, 0.15) is 17.5 Å². The molecule has 0 radical (unpaired) electrons. The van der Waals surface area contributed by atoms with Crippen molar-refractivity contribution in [3.8, 4) is 17.7 Å². The molecular weight excluding hydrogens is 334 g/mol. The van der Waals surface area contributed by atoms with E-state index < -0.39 is 0 Å². The quantitative estimate of drug-likeness (QED) is 0.652. The van der Waals surface area contributed by atoms with E-state index in [2.05, 4.69) is 69.3 Å². The van der Waals surface area contributed by atoms with Crippen molar-refractivity contribution in [3.05, 3.63) is 76.5 Å². The molecule has 2 N–H and O–H groups in total. The van der Waals surface area contributed by atoms with E-state index in [1.165, 1.54) is 11.1 Å². The van der Waals surface area contributed by atoms with Crippen LogP contribution in [0, 0.1) is 25.2 Å². The summed E-state index contributed by atoms with van der Waals surface area (Å²) in [5.41, 5.74) is 11.7. The van der Waals surface area contributed by atoms with Gasteiger partial charge in [-0.05, 0) is 42.5 Å². The molecule has 3 rings (SSSR count). The maximum absolute atomic E-state index is 9.53. The summed E-state index contributed by atoms with van der Waals surface area (Å²) >= 11 is 0. The highest BCUT2D eigenvalue weighted by atomic mass is 16.5. The largest absolute Gasteiger partial charge is 0.438 e. The number of ether oxygens (including phenoxy) is 1. The van der Waals surface area contributed by atoms with Gasteiger partial charge >= 0.3 is 0 Å². The number of anilines is 1. The van der Waals surface area contributed by atoms with Crippen molar-refractivity contribution in [2.45, 2.75) is 40.2 Å². The van der Waals surface area contributed by atoms with Gasteiger partial charge in [-0.15, -0.1) is 0 Å². The van der Waals surface area contributed by atoms with Crippen molar-refractivity contribution in [2.24, 2.45) is 0 Å². The van der Waals surface area contributed by atoms with Crippen molar-refractivity contribution in [1.82, 2.24) is 4.57 Å². The molecule has 138 valence electrons. The van der Waals surface area contributed by atoms with E-state index in [4.69, 9.17) is 10.5 Å². The van der Waals surface area contributed by atoms with E-state index in [0.29, 0.717) is 29.7 Å². The average molecular weight is 359 g/mol. The Hall–Kier alpha value is -3.19. The first-order valence-electron chi connectivity index (χ1n) is 9.12. The monoisotopic (exact) mass is 359 g/mol. The Bertz CT molecular complexity index is 992. The zero-order valence-corrected chi connectivity index (χ0v) is 16.3. The standard InChI is InChI=1S/C23H25N3O/c1-15(2)19-10-7-17(4)22(11-19)27-23-21(25)12-20(13-24)26(23)14-18-8-5-16(3)6-9-18/h5-12,15H,14,25H2,1-4H3. The fourth-order valence-corrected chi connectivity index (χ4v) is 2.98. The van der Waals surface area contributed by atoms with Crippen LogP contribution in [-0.4, -0.2) is 4.57 Å². The number of nitrogens with zero attached hydrogens (tertiary/aromatic N) is 2. The molecular formula is C23H25N3O. The van der Waals surface area contributed by atoms with Crippen LogP contribution in [0.1, 0.15) is 47.7 Å². The van der Waals surface area contributed by atoms with Gasteiger partial charge in [0.2, 0.25) is 5.88 Å². The summed E-state index contributed by atoms with van der Waals surface area (Å²) in [6.45, 7) is 8.89. The highest BCUT2D eigenvalue weighted by molar-refractivity contribution is 5.57. The Morgan fingerprint density at radius 3 is 2.41 bits per heavy atom. The van der Waals surface area contributed by atoms with Crippen molar-refractivity contribution in [3.63, 3.8) is 0 Å². The predicted molar refractivity (Wildman–Crippen MR) is 109 cm³/mol. The highest BCUT2D eigenvalue weighted by Crippen LogP contribution is 2.34. The molecule has 1 heterocycles. The van der Waals surface area contributed by atoms with Crippen LogP contribution >= 0.6 is 0 Å². The lowest BCUT2D eigenvalue weighted by Gasteiger charge is -2.16. The van der Waals surface area contributed by atoms with Crippen LogP contribution in [-0.2, 0) is 6.54 Å². The number of nitriles is 1. The first kappa shape index (κ1) is 18.6. The second-order valence-electron chi connectivity index (χ2n) is 7.26. The zero-order chi connectivity index (χ0) is 19.6. The average Bonchev–Trinajstić information content (AvgIpc) is 2.93. The molecule has 0 unspecified atom stereocenters. The van der Waals surface area contributed by atoms with Crippen molar-refractivity contribution in [2.75, 3.05) is 5.73 Å². The molecule has 0 bridgehead atoms. The second-order valence-corrected chi connectivity index (χ2v) is 7.26. The van der Waals surface area contributed by atoms with Crippen LogP contribution in [0.4, 0.5) is 5.69 Å². The van der Waals surface area contributed by atoms with Crippen LogP contribution in [0.5, 0.6) is 11.6 Å². The maximum Gasteiger partial charge on any atom is 0.224 e. The molecule has 1 aromatic heterocycles. The first-order valence-corrected chi connectivity index (χ1v) is 9.12. The Morgan fingerprint density at radius 1 is 1.07 bits per heavy atom. The smallest absolute Gasteiger partial charge is 0.224 e. The summed E-state index contributed by atoms with van der Waals surface area (Å²) in [5, 5.41) is 9.53. The molecule has 4 heteroatoms. The molecule has 4 nitrogen and oxygen atoms in total. The molecule has 0 aliphatic carbocycles. The Balaban J connectivity index is 2.01. The van der Waals surface area contributed by atoms with Crippen molar-refractivity contribution >= 4 is 5.69 Å². The first-order chi connectivity index (χ1) is 12.9. The van der Waals surface area contributed by atoms with Crippen LogP contribution < -0.4 is 10.5 Å². The van der Waals surface area contributed by atoms with E-state index in [-0.39, 0.29) is 0 Å². The summed E-state index contributed by atoms with van der Waals surface area (Å²) in [6.07, 6.45) is 0. The van der Waals surface area contributed by atoms with Gasteiger partial charge in [0, 0.05) is 6.07 Å². The lowest BCUT2D eigenvalue weighted by atomic mass is 10.0. The number of nitrogen functional groups attached to an aromatic ring is 1. The topological polar surface area (TPSA) is 64.0 Å². The Labute approximate surface area is 160 Å². The van der Waals surface area contributed by atoms with Gasteiger partial charge in [0.25, 0.3) is 0 Å². The summed E-state index contributed by atoms with van der Waals surface area (Å²) in [4.78, 5) is 0. The molecule has 0 aliphatic heterocycles. The molecule has 0 amide bonds. The summed E-state index contributed by atoms with van der Waals surface area (Å²) in [7, 11) is 0. The number of rotatable bonds is 5. The van der Waals surface area contributed by atoms with Gasteiger partial charge in [0.05, 0.1) is 12.2 Å². The number of benzene rings is 2. The summed E-state index contributed by atoms with van der Waals surface area (Å²) in [5.74, 6) is 1.68. The van der Waals surface area contributed by atoms with Crippen LogP contribution in [0.15, 0.2) is 48.5 Å². The molecule has 2 aromatic carbocycles. The number of hydrogen-bond acceptors (Lipinski definition) is 3. The lowest BCUT2D eigenvalue weighted by molar-refractivity contribution is 0.433. The van der Waals surface area contributed by atoms with Gasteiger partial charge in [-0.3, -0.25) is 4.57 Å².